The number of nitrogens with one attached hydrogen (secondary N) is 1. The summed E-state index contributed by atoms with van der Waals surface area (Å²) in [6.45, 7) is 5.41. The van der Waals surface area contributed by atoms with Crippen molar-refractivity contribution in [2.75, 3.05) is 19.0 Å². The zero-order chi connectivity index (χ0) is 15.2. The summed E-state index contributed by atoms with van der Waals surface area (Å²) in [4.78, 5) is 0. The van der Waals surface area contributed by atoms with Crippen molar-refractivity contribution in [2.24, 2.45) is 0 Å². The lowest BCUT2D eigenvalue weighted by molar-refractivity contribution is 0.310. The maximum Gasteiger partial charge on any atom is 0.161 e. The number of halogens is 1. The van der Waals surface area contributed by atoms with Gasteiger partial charge >= 0.3 is 0 Å². The maximum absolute atomic E-state index is 5.60. The van der Waals surface area contributed by atoms with Crippen molar-refractivity contribution in [1.29, 1.82) is 0 Å². The largest absolute Gasteiger partial charge is 0.493 e. The monoisotopic (exact) mass is 349 g/mol. The van der Waals surface area contributed by atoms with Crippen LogP contribution in [0.4, 0.5) is 5.69 Å². The first-order valence-corrected chi connectivity index (χ1v) is 7.73. The van der Waals surface area contributed by atoms with E-state index in [0.29, 0.717) is 6.61 Å². The Labute approximate surface area is 134 Å². The fourth-order valence-corrected chi connectivity index (χ4v) is 2.30. The second kappa shape index (κ2) is 7.36. The molecule has 0 heterocycles. The highest BCUT2D eigenvalue weighted by Gasteiger charge is 2.05. The highest BCUT2D eigenvalue weighted by atomic mass is 79.9. The molecule has 0 saturated heterocycles. The van der Waals surface area contributed by atoms with E-state index in [0.717, 1.165) is 33.8 Å². The predicted octanol–water partition coefficient (Wildman–Crippen LogP) is 4.78. The second-order valence-electron chi connectivity index (χ2n) is 4.74. The molecular weight excluding hydrogens is 330 g/mol. The van der Waals surface area contributed by atoms with Gasteiger partial charge in [0, 0.05) is 16.7 Å². The van der Waals surface area contributed by atoms with E-state index >= 15 is 0 Å². The van der Waals surface area contributed by atoms with E-state index in [4.69, 9.17) is 9.47 Å². The molecule has 2 aromatic carbocycles. The number of hydrogen-bond acceptors (Lipinski definition) is 3. The lowest BCUT2D eigenvalue weighted by Crippen LogP contribution is -2.01. The molecule has 0 aliphatic carbocycles. The molecule has 3 nitrogen and oxygen atoms in total. The quantitative estimate of drug-likeness (QED) is 0.814. The van der Waals surface area contributed by atoms with Crippen molar-refractivity contribution < 1.29 is 9.47 Å². The lowest BCUT2D eigenvalue weighted by atomic mass is 10.2. The predicted molar refractivity (Wildman–Crippen MR) is 90.4 cm³/mol. The third-order valence-electron chi connectivity index (χ3n) is 3.18. The van der Waals surface area contributed by atoms with E-state index < -0.39 is 0 Å². The van der Waals surface area contributed by atoms with Crippen LogP contribution in [0, 0.1) is 6.92 Å². The molecule has 0 atom stereocenters. The van der Waals surface area contributed by atoms with Crippen LogP contribution in [0.15, 0.2) is 40.9 Å². The number of benzene rings is 2. The molecule has 0 bridgehead atoms. The zero-order valence-electron chi connectivity index (χ0n) is 12.6. The molecule has 0 amide bonds. The molecule has 0 fully saturated rings. The summed E-state index contributed by atoms with van der Waals surface area (Å²) >= 11 is 3.51. The number of hydrogen-bond donors (Lipinski definition) is 1. The highest BCUT2D eigenvalue weighted by Crippen LogP contribution is 2.28. The molecule has 0 radical (unpaired) electrons. The third kappa shape index (κ3) is 4.14. The Morgan fingerprint density at radius 1 is 1.10 bits per heavy atom. The van der Waals surface area contributed by atoms with Gasteiger partial charge in [0.05, 0.1) is 13.7 Å². The molecule has 21 heavy (non-hydrogen) atoms. The van der Waals surface area contributed by atoms with Gasteiger partial charge < -0.3 is 14.8 Å². The smallest absolute Gasteiger partial charge is 0.161 e. The summed E-state index contributed by atoms with van der Waals surface area (Å²) in [6, 6.07) is 12.2. The van der Waals surface area contributed by atoms with Gasteiger partial charge in [0.1, 0.15) is 0 Å². The van der Waals surface area contributed by atoms with E-state index in [1.165, 1.54) is 5.56 Å². The van der Waals surface area contributed by atoms with Gasteiger partial charge in [-0.05, 0) is 55.3 Å². The van der Waals surface area contributed by atoms with Crippen LogP contribution in [0.5, 0.6) is 11.5 Å². The van der Waals surface area contributed by atoms with Gasteiger partial charge in [0.25, 0.3) is 0 Å². The molecule has 0 aromatic heterocycles. The minimum Gasteiger partial charge on any atom is -0.493 e. The summed E-state index contributed by atoms with van der Waals surface area (Å²) in [5.74, 6) is 1.55. The number of ether oxygens (including phenoxy) is 2. The number of aryl methyl sites for hydroxylation is 1. The first-order chi connectivity index (χ1) is 10.1. The zero-order valence-corrected chi connectivity index (χ0v) is 14.2. The maximum atomic E-state index is 5.60. The van der Waals surface area contributed by atoms with Crippen molar-refractivity contribution in [1.82, 2.24) is 0 Å². The van der Waals surface area contributed by atoms with E-state index in [1.54, 1.807) is 7.11 Å². The Balaban J connectivity index is 2.08. The minimum absolute atomic E-state index is 0.624. The number of rotatable bonds is 6. The van der Waals surface area contributed by atoms with Gasteiger partial charge in [0.2, 0.25) is 0 Å². The van der Waals surface area contributed by atoms with Gasteiger partial charge in [-0.15, -0.1) is 0 Å². The van der Waals surface area contributed by atoms with Crippen molar-refractivity contribution >= 4 is 21.6 Å². The fourth-order valence-electron chi connectivity index (χ4n) is 2.06. The van der Waals surface area contributed by atoms with Crippen molar-refractivity contribution in [2.45, 2.75) is 20.4 Å². The Hall–Kier alpha value is -1.68. The molecule has 0 spiro atoms. The Morgan fingerprint density at radius 3 is 2.57 bits per heavy atom. The van der Waals surface area contributed by atoms with Gasteiger partial charge in [-0.1, -0.05) is 22.0 Å². The summed E-state index contributed by atoms with van der Waals surface area (Å²) in [7, 11) is 1.65. The van der Waals surface area contributed by atoms with E-state index in [-0.39, 0.29) is 0 Å². The lowest BCUT2D eigenvalue weighted by Gasteiger charge is -2.12. The van der Waals surface area contributed by atoms with Crippen molar-refractivity contribution in [3.05, 3.63) is 52.0 Å². The first-order valence-electron chi connectivity index (χ1n) is 6.93. The van der Waals surface area contributed by atoms with Gasteiger partial charge in [-0.2, -0.15) is 0 Å². The Bertz CT molecular complexity index is 614. The van der Waals surface area contributed by atoms with E-state index in [2.05, 4.69) is 46.4 Å². The van der Waals surface area contributed by atoms with Gasteiger partial charge in [-0.3, -0.25) is 0 Å². The SMILES string of the molecule is CCOc1cc(CNc2ccc(Br)c(C)c2)ccc1OC. The van der Waals surface area contributed by atoms with Crippen LogP contribution in [0.3, 0.4) is 0 Å². The molecule has 2 rings (SSSR count). The highest BCUT2D eigenvalue weighted by molar-refractivity contribution is 9.10. The summed E-state index contributed by atoms with van der Waals surface area (Å²) in [5, 5.41) is 3.42. The van der Waals surface area contributed by atoms with Crippen LogP contribution in [-0.4, -0.2) is 13.7 Å². The van der Waals surface area contributed by atoms with Crippen LogP contribution in [0.1, 0.15) is 18.1 Å². The average molecular weight is 350 g/mol. The second-order valence-corrected chi connectivity index (χ2v) is 5.59. The first kappa shape index (κ1) is 15.7. The number of anilines is 1. The molecule has 2 aromatic rings. The molecular formula is C17H20BrNO2. The summed E-state index contributed by atoms with van der Waals surface area (Å²) in [5.41, 5.74) is 3.47. The van der Waals surface area contributed by atoms with Crippen molar-refractivity contribution in [3.8, 4) is 11.5 Å². The normalized spacial score (nSPS) is 10.3. The van der Waals surface area contributed by atoms with Crippen LogP contribution in [0.2, 0.25) is 0 Å². The van der Waals surface area contributed by atoms with Crippen molar-refractivity contribution in [3.63, 3.8) is 0 Å². The Kier molecular flexibility index (Phi) is 5.51. The van der Waals surface area contributed by atoms with E-state index in [9.17, 15) is 0 Å². The Morgan fingerprint density at radius 2 is 1.90 bits per heavy atom. The fraction of sp³-hybridized carbons (Fsp3) is 0.294. The topological polar surface area (TPSA) is 30.5 Å². The summed E-state index contributed by atoms with van der Waals surface area (Å²) in [6.07, 6.45) is 0. The molecule has 4 heteroatoms. The average Bonchev–Trinajstić information content (AvgIpc) is 2.49. The van der Waals surface area contributed by atoms with Crippen LogP contribution in [0.25, 0.3) is 0 Å². The minimum atomic E-state index is 0.624. The standard InChI is InChI=1S/C17H20BrNO2/c1-4-21-17-10-13(5-8-16(17)20-3)11-19-14-6-7-15(18)12(2)9-14/h5-10,19H,4,11H2,1-3H3. The molecule has 112 valence electrons. The molecule has 0 unspecified atom stereocenters. The number of methoxy groups -OCH3 is 1. The van der Waals surface area contributed by atoms with Crippen LogP contribution >= 0.6 is 15.9 Å². The van der Waals surface area contributed by atoms with Gasteiger partial charge in [-0.25, -0.2) is 0 Å². The summed E-state index contributed by atoms with van der Waals surface area (Å²) < 4.78 is 12.0. The van der Waals surface area contributed by atoms with Gasteiger partial charge in [0.15, 0.2) is 11.5 Å². The van der Waals surface area contributed by atoms with E-state index in [1.807, 2.05) is 25.1 Å². The third-order valence-corrected chi connectivity index (χ3v) is 4.07. The molecule has 0 saturated carbocycles. The molecule has 1 N–H and O–H groups in total. The van der Waals surface area contributed by atoms with Crippen LogP contribution in [-0.2, 0) is 6.54 Å². The molecule has 0 aliphatic heterocycles. The molecule has 0 aliphatic rings. The van der Waals surface area contributed by atoms with Crippen LogP contribution < -0.4 is 14.8 Å².